The van der Waals surface area contributed by atoms with E-state index in [1.54, 1.807) is 24.4 Å². The first-order chi connectivity index (χ1) is 10.5. The molecule has 2 heterocycles. The van der Waals surface area contributed by atoms with Crippen molar-refractivity contribution in [3.05, 3.63) is 65.5 Å². The van der Waals surface area contributed by atoms with Crippen molar-refractivity contribution in [2.75, 3.05) is 6.61 Å². The zero-order valence-corrected chi connectivity index (χ0v) is 12.6. The Balaban J connectivity index is 2.24. The van der Waals surface area contributed by atoms with Gasteiger partial charge >= 0.3 is 0 Å². The topological polar surface area (TPSA) is 57.1 Å². The molecule has 4 nitrogen and oxygen atoms in total. The van der Waals surface area contributed by atoms with Crippen molar-refractivity contribution in [1.82, 2.24) is 0 Å². The van der Waals surface area contributed by atoms with Crippen LogP contribution in [0.2, 0.25) is 0 Å². The van der Waals surface area contributed by atoms with Crippen LogP contribution in [0.25, 0.3) is 5.57 Å². The molecule has 0 saturated carbocycles. The van der Waals surface area contributed by atoms with Crippen molar-refractivity contribution < 1.29 is 14.7 Å². The van der Waals surface area contributed by atoms with E-state index in [9.17, 15) is 5.21 Å². The second-order valence-corrected chi connectivity index (χ2v) is 6.09. The number of ether oxygens (including phenoxy) is 1. The molecule has 0 spiro atoms. The summed E-state index contributed by atoms with van der Waals surface area (Å²) < 4.78 is 7.01. The maximum Gasteiger partial charge on any atom is 0.264 e. The number of benzene rings is 1. The standard InChI is InChI=1S/C18H17N2O2/c1-18(2)10-15(16-5-3-4-8-20(16)21)14-7-6-13(11-19)9-17(14)22-12-18/h3-10,21H,12H2,1-2H3/q+1. The number of rotatable bonds is 1. The maximum atomic E-state index is 10.1. The first-order valence-electron chi connectivity index (χ1n) is 7.11. The van der Waals surface area contributed by atoms with E-state index in [0.29, 0.717) is 23.6 Å². The molecule has 0 saturated heterocycles. The van der Waals surface area contributed by atoms with Gasteiger partial charge in [0.15, 0.2) is 0 Å². The smallest absolute Gasteiger partial charge is 0.264 e. The molecular weight excluding hydrogens is 276 g/mol. The second kappa shape index (κ2) is 5.19. The van der Waals surface area contributed by atoms with Crippen molar-refractivity contribution in [3.8, 4) is 11.8 Å². The lowest BCUT2D eigenvalue weighted by molar-refractivity contribution is -0.906. The van der Waals surface area contributed by atoms with Crippen molar-refractivity contribution in [2.45, 2.75) is 13.8 Å². The van der Waals surface area contributed by atoms with Gasteiger partial charge in [0, 0.05) is 27.8 Å². The molecule has 1 aromatic carbocycles. The lowest BCUT2D eigenvalue weighted by Gasteiger charge is -2.18. The molecule has 0 fully saturated rings. The van der Waals surface area contributed by atoms with Gasteiger partial charge in [-0.1, -0.05) is 19.9 Å². The third kappa shape index (κ3) is 2.53. The van der Waals surface area contributed by atoms with E-state index >= 15 is 0 Å². The van der Waals surface area contributed by atoms with Crippen molar-refractivity contribution in [2.24, 2.45) is 5.41 Å². The highest BCUT2D eigenvalue weighted by Gasteiger charge is 2.28. The minimum absolute atomic E-state index is 0.190. The Hall–Kier alpha value is -2.80. The van der Waals surface area contributed by atoms with Crippen molar-refractivity contribution in [1.29, 1.82) is 5.26 Å². The molecule has 0 unspecified atom stereocenters. The van der Waals surface area contributed by atoms with Crippen LogP contribution in [0.15, 0.2) is 48.7 Å². The Kier molecular flexibility index (Phi) is 3.34. The van der Waals surface area contributed by atoms with E-state index in [1.807, 2.05) is 18.2 Å². The molecule has 0 radical (unpaired) electrons. The number of aromatic nitrogens is 1. The van der Waals surface area contributed by atoms with Crippen LogP contribution in [-0.2, 0) is 0 Å². The predicted octanol–water partition coefficient (Wildman–Crippen LogP) is 2.93. The molecule has 0 bridgehead atoms. The molecule has 4 heteroatoms. The highest BCUT2D eigenvalue weighted by Crippen LogP contribution is 2.37. The Morgan fingerprint density at radius 1 is 1.27 bits per heavy atom. The highest BCUT2D eigenvalue weighted by atomic mass is 16.5. The average Bonchev–Trinajstić information content (AvgIpc) is 2.64. The zero-order valence-electron chi connectivity index (χ0n) is 12.6. The summed E-state index contributed by atoms with van der Waals surface area (Å²) in [6.45, 7) is 4.67. The molecule has 1 N–H and O–H groups in total. The lowest BCUT2D eigenvalue weighted by Crippen LogP contribution is -2.34. The van der Waals surface area contributed by atoms with Crippen LogP contribution in [0, 0.1) is 16.7 Å². The molecule has 0 aliphatic carbocycles. The first-order valence-corrected chi connectivity index (χ1v) is 7.11. The van der Waals surface area contributed by atoms with Gasteiger partial charge in [0.05, 0.1) is 23.8 Å². The maximum absolute atomic E-state index is 10.1. The summed E-state index contributed by atoms with van der Waals surface area (Å²) in [6, 6.07) is 13.0. The number of hydrogen-bond donors (Lipinski definition) is 1. The first kappa shape index (κ1) is 14.2. The van der Waals surface area contributed by atoms with Crippen LogP contribution >= 0.6 is 0 Å². The third-order valence-electron chi connectivity index (χ3n) is 3.65. The van der Waals surface area contributed by atoms with E-state index < -0.39 is 0 Å². The van der Waals surface area contributed by atoms with Gasteiger partial charge < -0.3 is 4.74 Å². The second-order valence-electron chi connectivity index (χ2n) is 6.09. The summed E-state index contributed by atoms with van der Waals surface area (Å²) in [4.78, 5) is 0. The highest BCUT2D eigenvalue weighted by molar-refractivity contribution is 5.81. The largest absolute Gasteiger partial charge is 0.492 e. The van der Waals surface area contributed by atoms with Gasteiger partial charge in [-0.15, -0.1) is 0 Å². The molecule has 1 aliphatic heterocycles. The van der Waals surface area contributed by atoms with Crippen LogP contribution < -0.4 is 9.47 Å². The normalized spacial score (nSPS) is 15.8. The van der Waals surface area contributed by atoms with Crippen LogP contribution in [0.1, 0.15) is 30.7 Å². The molecule has 1 aromatic heterocycles. The summed E-state index contributed by atoms with van der Waals surface area (Å²) >= 11 is 0. The van der Waals surface area contributed by atoms with Gasteiger partial charge in [-0.3, -0.25) is 5.21 Å². The summed E-state index contributed by atoms with van der Waals surface area (Å²) in [5, 5.41) is 19.2. The van der Waals surface area contributed by atoms with Crippen LogP contribution in [0.5, 0.6) is 5.75 Å². The van der Waals surface area contributed by atoms with Crippen LogP contribution in [0.3, 0.4) is 0 Å². The predicted molar refractivity (Wildman–Crippen MR) is 81.3 cm³/mol. The molecule has 3 rings (SSSR count). The molecule has 2 aromatic rings. The van der Waals surface area contributed by atoms with E-state index in [2.05, 4.69) is 26.0 Å². The summed E-state index contributed by atoms with van der Waals surface area (Å²) in [5.74, 6) is 0.666. The van der Waals surface area contributed by atoms with E-state index in [1.165, 1.54) is 0 Å². The number of nitriles is 1. The van der Waals surface area contributed by atoms with E-state index in [-0.39, 0.29) is 5.41 Å². The number of pyridine rings is 1. The number of hydrogen-bond acceptors (Lipinski definition) is 3. The fraction of sp³-hybridized carbons (Fsp3) is 0.222. The fourth-order valence-corrected chi connectivity index (χ4v) is 2.57. The molecule has 110 valence electrons. The zero-order chi connectivity index (χ0) is 15.7. The van der Waals surface area contributed by atoms with Gasteiger partial charge in [0.25, 0.3) is 5.69 Å². The Morgan fingerprint density at radius 2 is 2.09 bits per heavy atom. The minimum Gasteiger partial charge on any atom is -0.492 e. The van der Waals surface area contributed by atoms with Gasteiger partial charge in [0.1, 0.15) is 5.75 Å². The molecule has 0 atom stereocenters. The fourth-order valence-electron chi connectivity index (χ4n) is 2.57. The van der Waals surface area contributed by atoms with Crippen molar-refractivity contribution in [3.63, 3.8) is 0 Å². The van der Waals surface area contributed by atoms with Gasteiger partial charge in [-0.2, -0.15) is 5.26 Å². The Bertz CT molecular complexity index is 801. The van der Waals surface area contributed by atoms with Crippen molar-refractivity contribution >= 4 is 5.57 Å². The lowest BCUT2D eigenvalue weighted by atomic mass is 9.89. The van der Waals surface area contributed by atoms with Crippen LogP contribution in [0.4, 0.5) is 0 Å². The molecule has 22 heavy (non-hydrogen) atoms. The summed E-state index contributed by atoms with van der Waals surface area (Å²) in [7, 11) is 0. The monoisotopic (exact) mass is 293 g/mol. The molecule has 0 amide bonds. The van der Waals surface area contributed by atoms with Gasteiger partial charge in [-0.25, -0.2) is 0 Å². The molecule has 1 aliphatic rings. The molecular formula is C18H17N2O2+. The van der Waals surface area contributed by atoms with Crippen LogP contribution in [-0.4, -0.2) is 11.8 Å². The number of fused-ring (bicyclic) bond motifs is 1. The third-order valence-corrected chi connectivity index (χ3v) is 3.65. The quantitative estimate of drug-likeness (QED) is 0.649. The Labute approximate surface area is 129 Å². The average molecular weight is 293 g/mol. The summed E-state index contributed by atoms with van der Waals surface area (Å²) in [6.07, 6.45) is 3.70. The Morgan fingerprint density at radius 3 is 2.82 bits per heavy atom. The minimum atomic E-state index is -0.190. The van der Waals surface area contributed by atoms with Gasteiger partial charge in [0.2, 0.25) is 6.20 Å². The number of nitrogens with zero attached hydrogens (tertiary/aromatic N) is 2. The van der Waals surface area contributed by atoms with E-state index in [0.717, 1.165) is 15.9 Å². The SMILES string of the molecule is CC1(C)C=C(c2cccc[n+]2O)c2ccc(C#N)cc2OC1. The van der Waals surface area contributed by atoms with E-state index in [4.69, 9.17) is 10.00 Å². The van der Waals surface area contributed by atoms with Gasteiger partial charge in [-0.05, 0) is 24.3 Å². The summed E-state index contributed by atoms with van der Waals surface area (Å²) in [5.41, 5.74) is 2.82.